The lowest BCUT2D eigenvalue weighted by molar-refractivity contribution is -0.237. The van der Waals surface area contributed by atoms with Crippen LogP contribution in [0.4, 0.5) is 0 Å². The predicted molar refractivity (Wildman–Crippen MR) is 146 cm³/mol. The molecule has 2 saturated heterocycles. The molecule has 218 valence electrons. The standard InChI is InChI=1S/C26H32N2O10S2/c1-15(29)34-14-20-21(35-16(2)30)22(36-17(3)31)23(37-18(4)32)25(38-20)40-26(39)28-12-10-27(11-13-28)24(33)19-8-6-5-7-9-19/h5-9,20-23,25H,10-14H2,1-4H3/t20-,21+,22+,23-,25+/m1/s1. The Labute approximate surface area is 241 Å². The lowest BCUT2D eigenvalue weighted by Gasteiger charge is -2.44. The number of piperazine rings is 1. The van der Waals surface area contributed by atoms with Crippen molar-refractivity contribution in [2.75, 3.05) is 32.8 Å². The van der Waals surface area contributed by atoms with Crippen LogP contribution >= 0.6 is 24.0 Å². The number of hydrogen-bond donors (Lipinski definition) is 0. The van der Waals surface area contributed by atoms with Crippen molar-refractivity contribution in [2.45, 2.75) is 57.5 Å². The molecule has 0 bridgehead atoms. The van der Waals surface area contributed by atoms with Crippen LogP contribution in [0.15, 0.2) is 30.3 Å². The fourth-order valence-corrected chi connectivity index (χ4v) is 5.85. The Kier molecular flexibility index (Phi) is 11.3. The Balaban J connectivity index is 1.77. The molecule has 0 unspecified atom stereocenters. The van der Waals surface area contributed by atoms with E-state index in [0.717, 1.165) is 25.6 Å². The maximum Gasteiger partial charge on any atom is 0.303 e. The van der Waals surface area contributed by atoms with E-state index in [-0.39, 0.29) is 12.5 Å². The minimum absolute atomic E-state index is 0.0709. The third-order valence-corrected chi connectivity index (χ3v) is 7.63. The summed E-state index contributed by atoms with van der Waals surface area (Å²) in [6, 6.07) is 8.99. The first kappa shape index (κ1) is 31.3. The molecule has 0 radical (unpaired) electrons. The molecule has 2 aliphatic heterocycles. The summed E-state index contributed by atoms with van der Waals surface area (Å²) in [6.45, 7) is 6.17. The predicted octanol–water partition coefficient (Wildman–Crippen LogP) is 1.55. The van der Waals surface area contributed by atoms with Crippen LogP contribution in [0.3, 0.4) is 0 Å². The third-order valence-electron chi connectivity index (χ3n) is 6.01. The highest BCUT2D eigenvalue weighted by molar-refractivity contribution is 8.23. The molecule has 1 amide bonds. The Bertz CT molecular complexity index is 1110. The number of rotatable bonds is 7. The topological polar surface area (TPSA) is 138 Å². The fraction of sp³-hybridized carbons (Fsp3) is 0.538. The zero-order chi connectivity index (χ0) is 29.4. The number of esters is 4. The van der Waals surface area contributed by atoms with E-state index >= 15 is 0 Å². The molecule has 0 spiro atoms. The first-order valence-corrected chi connectivity index (χ1v) is 13.9. The highest BCUT2D eigenvalue weighted by Gasteiger charge is 2.53. The largest absolute Gasteiger partial charge is 0.463 e. The molecule has 12 nitrogen and oxygen atoms in total. The summed E-state index contributed by atoms with van der Waals surface area (Å²) in [5.41, 5.74) is -0.400. The molecule has 0 aliphatic carbocycles. The average Bonchev–Trinajstić information content (AvgIpc) is 2.90. The van der Waals surface area contributed by atoms with Gasteiger partial charge in [-0.05, 0) is 12.1 Å². The van der Waals surface area contributed by atoms with Crippen molar-refractivity contribution in [3.63, 3.8) is 0 Å². The second-order valence-electron chi connectivity index (χ2n) is 9.10. The molecular formula is C26H32N2O10S2. The Morgan fingerprint density at radius 3 is 1.88 bits per heavy atom. The van der Waals surface area contributed by atoms with E-state index in [9.17, 15) is 24.0 Å². The lowest BCUT2D eigenvalue weighted by Crippen LogP contribution is -2.62. The molecule has 0 aromatic heterocycles. The SMILES string of the molecule is CC(=O)OC[C@H]1O[C@@H](SC(=S)N2CCN(C(=O)c3ccccc3)CC2)[C@H](OC(C)=O)[C@@H](OC(C)=O)[C@H]1OC(C)=O. The van der Waals surface area contributed by atoms with Crippen LogP contribution < -0.4 is 0 Å². The molecule has 14 heteroatoms. The van der Waals surface area contributed by atoms with Crippen LogP contribution in [-0.2, 0) is 42.9 Å². The molecule has 1 aromatic carbocycles. The molecule has 0 N–H and O–H groups in total. The van der Waals surface area contributed by atoms with Gasteiger partial charge in [0.2, 0.25) is 0 Å². The van der Waals surface area contributed by atoms with Gasteiger partial charge >= 0.3 is 23.9 Å². The summed E-state index contributed by atoms with van der Waals surface area (Å²) in [7, 11) is 0. The van der Waals surface area contributed by atoms with Gasteiger partial charge in [0.05, 0.1) is 0 Å². The van der Waals surface area contributed by atoms with Crippen molar-refractivity contribution in [2.24, 2.45) is 0 Å². The van der Waals surface area contributed by atoms with Crippen LogP contribution in [-0.4, -0.2) is 107 Å². The van der Waals surface area contributed by atoms with Crippen molar-refractivity contribution >= 4 is 58.1 Å². The third kappa shape index (κ3) is 8.63. The van der Waals surface area contributed by atoms with Gasteiger partial charge in [-0.2, -0.15) is 0 Å². The van der Waals surface area contributed by atoms with E-state index in [0.29, 0.717) is 36.1 Å². The maximum absolute atomic E-state index is 12.8. The number of carbonyl (C=O) groups excluding carboxylic acids is 5. The second-order valence-corrected chi connectivity index (χ2v) is 10.8. The van der Waals surface area contributed by atoms with Gasteiger partial charge in [0.1, 0.15) is 17.0 Å². The first-order valence-electron chi connectivity index (χ1n) is 12.6. The van der Waals surface area contributed by atoms with Crippen molar-refractivity contribution in [3.8, 4) is 0 Å². The van der Waals surface area contributed by atoms with E-state index in [2.05, 4.69) is 0 Å². The molecule has 0 saturated carbocycles. The number of nitrogens with zero attached hydrogens (tertiary/aromatic N) is 2. The number of thioether (sulfide) groups is 1. The summed E-state index contributed by atoms with van der Waals surface area (Å²) < 4.78 is 28.0. The maximum atomic E-state index is 12.8. The normalized spacial score (nSPS) is 24.4. The van der Waals surface area contributed by atoms with Crippen LogP contribution in [0.25, 0.3) is 0 Å². The zero-order valence-electron chi connectivity index (χ0n) is 22.6. The monoisotopic (exact) mass is 596 g/mol. The van der Waals surface area contributed by atoms with Gasteiger partial charge in [-0.1, -0.05) is 42.2 Å². The summed E-state index contributed by atoms with van der Waals surface area (Å²) in [5, 5.41) is 0. The van der Waals surface area contributed by atoms with Crippen molar-refractivity contribution in [1.82, 2.24) is 9.80 Å². The molecule has 2 aliphatic rings. The number of ether oxygens (including phenoxy) is 5. The molecule has 2 heterocycles. The van der Waals surface area contributed by atoms with Gasteiger partial charge in [-0.15, -0.1) is 0 Å². The van der Waals surface area contributed by atoms with E-state index in [1.165, 1.54) is 13.8 Å². The van der Waals surface area contributed by atoms with Crippen LogP contribution in [0.2, 0.25) is 0 Å². The first-order chi connectivity index (χ1) is 19.0. The van der Waals surface area contributed by atoms with Gasteiger partial charge in [0.25, 0.3) is 5.91 Å². The van der Waals surface area contributed by atoms with Gasteiger partial charge in [0.15, 0.2) is 23.7 Å². The summed E-state index contributed by atoms with van der Waals surface area (Å²) in [6.07, 6.45) is -4.75. The highest BCUT2D eigenvalue weighted by atomic mass is 32.2. The van der Waals surface area contributed by atoms with Crippen molar-refractivity contribution in [3.05, 3.63) is 35.9 Å². The van der Waals surface area contributed by atoms with E-state index in [1.54, 1.807) is 17.0 Å². The van der Waals surface area contributed by atoms with E-state index < -0.39 is 53.7 Å². The summed E-state index contributed by atoms with van der Waals surface area (Å²) >= 11 is 6.73. The number of amides is 1. The summed E-state index contributed by atoms with van der Waals surface area (Å²) in [5.74, 6) is -2.77. The van der Waals surface area contributed by atoms with Gasteiger partial charge in [-0.3, -0.25) is 24.0 Å². The molecule has 5 atom stereocenters. The van der Waals surface area contributed by atoms with Crippen LogP contribution in [0.1, 0.15) is 38.1 Å². The van der Waals surface area contributed by atoms with Gasteiger partial charge in [-0.25, -0.2) is 0 Å². The molecule has 3 rings (SSSR count). The fourth-order valence-electron chi connectivity index (χ4n) is 4.31. The second kappa shape index (κ2) is 14.4. The minimum atomic E-state index is -1.26. The molecule has 2 fully saturated rings. The van der Waals surface area contributed by atoms with Crippen molar-refractivity contribution in [1.29, 1.82) is 0 Å². The van der Waals surface area contributed by atoms with Crippen molar-refractivity contribution < 1.29 is 47.7 Å². The quantitative estimate of drug-likeness (QED) is 0.256. The van der Waals surface area contributed by atoms with Gasteiger partial charge < -0.3 is 33.5 Å². The smallest absolute Gasteiger partial charge is 0.303 e. The number of benzene rings is 1. The van der Waals surface area contributed by atoms with Crippen LogP contribution in [0, 0.1) is 0 Å². The number of hydrogen-bond acceptors (Lipinski definition) is 12. The Morgan fingerprint density at radius 2 is 1.32 bits per heavy atom. The zero-order valence-corrected chi connectivity index (χ0v) is 24.2. The lowest BCUT2D eigenvalue weighted by atomic mass is 9.99. The highest BCUT2D eigenvalue weighted by Crippen LogP contribution is 2.35. The Morgan fingerprint density at radius 1 is 0.800 bits per heavy atom. The van der Waals surface area contributed by atoms with Gasteiger partial charge in [0, 0.05) is 59.4 Å². The molecular weight excluding hydrogens is 564 g/mol. The summed E-state index contributed by atoms with van der Waals surface area (Å²) in [4.78, 5) is 63.9. The van der Waals surface area contributed by atoms with Crippen LogP contribution in [0.5, 0.6) is 0 Å². The molecule has 1 aromatic rings. The average molecular weight is 597 g/mol. The minimum Gasteiger partial charge on any atom is -0.463 e. The van der Waals surface area contributed by atoms with E-state index in [1.807, 2.05) is 23.1 Å². The Hall–Kier alpha value is -3.23. The number of thiocarbonyl (C=S) groups is 1. The molecule has 40 heavy (non-hydrogen) atoms. The number of carbonyl (C=O) groups is 5. The van der Waals surface area contributed by atoms with E-state index in [4.69, 9.17) is 35.9 Å².